The van der Waals surface area contributed by atoms with Crippen molar-refractivity contribution in [3.8, 4) is 17.2 Å². The molecule has 174 valence electrons. The van der Waals surface area contributed by atoms with Gasteiger partial charge < -0.3 is 19.5 Å². The molecular formula is C26H25N3O5. The molecule has 34 heavy (non-hydrogen) atoms. The van der Waals surface area contributed by atoms with Gasteiger partial charge in [-0.05, 0) is 54.4 Å². The SMILES string of the molecule is CCOc1ccccc1NC1=C(c2ccc(OC)c(OC)c2)C(=O)N(Cc2ccncc2)C1=O. The van der Waals surface area contributed by atoms with E-state index in [1.807, 2.05) is 19.1 Å². The quantitative estimate of drug-likeness (QED) is 0.486. The number of anilines is 1. The molecule has 0 fully saturated rings. The molecule has 1 aliphatic rings. The number of carbonyl (C=O) groups excluding carboxylic acids is 2. The summed E-state index contributed by atoms with van der Waals surface area (Å²) in [5.74, 6) is 0.711. The van der Waals surface area contributed by atoms with Crippen molar-refractivity contribution >= 4 is 23.1 Å². The lowest BCUT2D eigenvalue weighted by Crippen LogP contribution is -2.32. The molecule has 0 unspecified atom stereocenters. The maximum absolute atomic E-state index is 13.6. The van der Waals surface area contributed by atoms with E-state index in [-0.39, 0.29) is 17.8 Å². The monoisotopic (exact) mass is 459 g/mol. The van der Waals surface area contributed by atoms with E-state index in [4.69, 9.17) is 14.2 Å². The lowest BCUT2D eigenvalue weighted by molar-refractivity contribution is -0.137. The first-order valence-electron chi connectivity index (χ1n) is 10.8. The average molecular weight is 460 g/mol. The number of hydrogen-bond donors (Lipinski definition) is 1. The molecule has 2 heterocycles. The Bertz CT molecular complexity index is 1240. The summed E-state index contributed by atoms with van der Waals surface area (Å²) in [5.41, 5.74) is 2.32. The van der Waals surface area contributed by atoms with Crippen LogP contribution in [0.15, 0.2) is 72.7 Å². The fourth-order valence-corrected chi connectivity index (χ4v) is 3.75. The molecule has 1 aromatic heterocycles. The third-order valence-corrected chi connectivity index (χ3v) is 5.38. The summed E-state index contributed by atoms with van der Waals surface area (Å²) in [6.07, 6.45) is 3.25. The molecule has 0 saturated carbocycles. The molecule has 8 nitrogen and oxygen atoms in total. The van der Waals surface area contributed by atoms with Crippen LogP contribution in [0.25, 0.3) is 5.57 Å². The molecule has 0 aliphatic carbocycles. The molecule has 0 bridgehead atoms. The largest absolute Gasteiger partial charge is 0.493 e. The number of aromatic nitrogens is 1. The first kappa shape index (κ1) is 22.8. The van der Waals surface area contributed by atoms with Crippen molar-refractivity contribution in [2.75, 3.05) is 26.1 Å². The van der Waals surface area contributed by atoms with Gasteiger partial charge in [-0.1, -0.05) is 18.2 Å². The minimum absolute atomic E-state index is 0.120. The lowest BCUT2D eigenvalue weighted by Gasteiger charge is -2.16. The van der Waals surface area contributed by atoms with Crippen LogP contribution in [-0.4, -0.2) is 42.5 Å². The molecule has 0 radical (unpaired) electrons. The first-order valence-corrected chi connectivity index (χ1v) is 10.8. The maximum Gasteiger partial charge on any atom is 0.278 e. The van der Waals surface area contributed by atoms with E-state index in [2.05, 4.69) is 10.3 Å². The Balaban J connectivity index is 1.80. The van der Waals surface area contributed by atoms with Crippen molar-refractivity contribution < 1.29 is 23.8 Å². The molecule has 8 heteroatoms. The predicted octanol–water partition coefficient (Wildman–Crippen LogP) is 3.89. The highest BCUT2D eigenvalue weighted by Crippen LogP contribution is 2.37. The van der Waals surface area contributed by atoms with Gasteiger partial charge in [0.05, 0.1) is 38.6 Å². The van der Waals surface area contributed by atoms with Gasteiger partial charge in [0.15, 0.2) is 11.5 Å². The molecule has 1 N–H and O–H groups in total. The van der Waals surface area contributed by atoms with Gasteiger partial charge in [0.1, 0.15) is 11.4 Å². The topological polar surface area (TPSA) is 90.0 Å². The van der Waals surface area contributed by atoms with Crippen LogP contribution in [0.5, 0.6) is 17.2 Å². The van der Waals surface area contributed by atoms with E-state index in [9.17, 15) is 9.59 Å². The number of nitrogens with one attached hydrogen (secondary N) is 1. The lowest BCUT2D eigenvalue weighted by atomic mass is 10.0. The van der Waals surface area contributed by atoms with E-state index in [1.165, 1.54) is 19.1 Å². The zero-order valence-electron chi connectivity index (χ0n) is 19.2. The van der Waals surface area contributed by atoms with Gasteiger partial charge in [-0.15, -0.1) is 0 Å². The van der Waals surface area contributed by atoms with Crippen LogP contribution in [0.4, 0.5) is 5.69 Å². The van der Waals surface area contributed by atoms with Gasteiger partial charge in [-0.25, -0.2) is 0 Å². The zero-order chi connectivity index (χ0) is 24.1. The van der Waals surface area contributed by atoms with Gasteiger partial charge in [0.2, 0.25) is 0 Å². The third-order valence-electron chi connectivity index (χ3n) is 5.38. The summed E-state index contributed by atoms with van der Waals surface area (Å²) in [5, 5.41) is 3.16. The number of carbonyl (C=O) groups is 2. The second-order valence-corrected chi connectivity index (χ2v) is 7.43. The summed E-state index contributed by atoms with van der Waals surface area (Å²) in [6, 6.07) is 15.9. The summed E-state index contributed by atoms with van der Waals surface area (Å²) >= 11 is 0. The van der Waals surface area contributed by atoms with Crippen LogP contribution in [0, 0.1) is 0 Å². The smallest absolute Gasteiger partial charge is 0.278 e. The highest BCUT2D eigenvalue weighted by Gasteiger charge is 2.39. The standard InChI is InChI=1S/C26H25N3O5/c1-4-34-20-8-6-5-7-19(20)28-24-23(18-9-10-21(32-2)22(15-18)33-3)25(30)29(26(24)31)16-17-11-13-27-14-12-17/h5-15,28H,4,16H2,1-3H3. The molecule has 0 spiro atoms. The number of methoxy groups -OCH3 is 2. The summed E-state index contributed by atoms with van der Waals surface area (Å²) < 4.78 is 16.4. The van der Waals surface area contributed by atoms with Crippen molar-refractivity contribution in [2.24, 2.45) is 0 Å². The normalized spacial score (nSPS) is 13.3. The van der Waals surface area contributed by atoms with Crippen LogP contribution >= 0.6 is 0 Å². The number of benzene rings is 2. The molecule has 4 rings (SSSR count). The number of nitrogens with zero attached hydrogens (tertiary/aromatic N) is 2. The second kappa shape index (κ2) is 10.1. The highest BCUT2D eigenvalue weighted by molar-refractivity contribution is 6.36. The van der Waals surface area contributed by atoms with Crippen LogP contribution in [0.3, 0.4) is 0 Å². The molecule has 2 amide bonds. The Morgan fingerprint density at radius 1 is 0.882 bits per heavy atom. The Morgan fingerprint density at radius 3 is 2.32 bits per heavy atom. The van der Waals surface area contributed by atoms with E-state index in [1.54, 1.807) is 54.9 Å². The molecule has 0 saturated heterocycles. The Kier molecular flexibility index (Phi) is 6.77. The zero-order valence-corrected chi connectivity index (χ0v) is 19.2. The fraction of sp³-hybridized carbons (Fsp3) is 0.192. The van der Waals surface area contributed by atoms with E-state index >= 15 is 0 Å². The van der Waals surface area contributed by atoms with Crippen LogP contribution in [0.2, 0.25) is 0 Å². The van der Waals surface area contributed by atoms with E-state index in [0.29, 0.717) is 35.1 Å². The van der Waals surface area contributed by atoms with Gasteiger partial charge in [0.25, 0.3) is 11.8 Å². The fourth-order valence-electron chi connectivity index (χ4n) is 3.75. The number of para-hydroxylation sites is 2. The van der Waals surface area contributed by atoms with Gasteiger partial charge >= 0.3 is 0 Å². The number of ether oxygens (including phenoxy) is 3. The molecule has 2 aromatic carbocycles. The molecular weight excluding hydrogens is 434 g/mol. The predicted molar refractivity (Wildman–Crippen MR) is 127 cm³/mol. The Labute approximate surface area is 197 Å². The minimum atomic E-state index is -0.433. The van der Waals surface area contributed by atoms with Gasteiger partial charge in [-0.3, -0.25) is 19.5 Å². The Hall–Kier alpha value is -4.33. The van der Waals surface area contributed by atoms with Crippen LogP contribution < -0.4 is 19.5 Å². The number of hydrogen-bond acceptors (Lipinski definition) is 7. The molecule has 0 atom stereocenters. The Morgan fingerprint density at radius 2 is 1.62 bits per heavy atom. The second-order valence-electron chi connectivity index (χ2n) is 7.43. The number of imide groups is 1. The number of rotatable bonds is 9. The molecule has 1 aliphatic heterocycles. The van der Waals surface area contributed by atoms with Crippen molar-refractivity contribution in [1.82, 2.24) is 9.88 Å². The van der Waals surface area contributed by atoms with E-state index in [0.717, 1.165) is 5.56 Å². The highest BCUT2D eigenvalue weighted by atomic mass is 16.5. The van der Waals surface area contributed by atoms with Crippen LogP contribution in [-0.2, 0) is 16.1 Å². The van der Waals surface area contributed by atoms with Crippen molar-refractivity contribution in [3.05, 3.63) is 83.8 Å². The number of pyridine rings is 1. The van der Waals surface area contributed by atoms with E-state index < -0.39 is 11.8 Å². The summed E-state index contributed by atoms with van der Waals surface area (Å²) in [4.78, 5) is 32.3. The van der Waals surface area contributed by atoms with Crippen molar-refractivity contribution in [3.63, 3.8) is 0 Å². The average Bonchev–Trinajstić information content (AvgIpc) is 3.09. The van der Waals surface area contributed by atoms with Gasteiger partial charge in [-0.2, -0.15) is 0 Å². The minimum Gasteiger partial charge on any atom is -0.493 e. The number of amides is 2. The summed E-state index contributed by atoms with van der Waals surface area (Å²) in [6.45, 7) is 2.46. The molecule has 3 aromatic rings. The maximum atomic E-state index is 13.6. The van der Waals surface area contributed by atoms with Crippen molar-refractivity contribution in [1.29, 1.82) is 0 Å². The van der Waals surface area contributed by atoms with Gasteiger partial charge in [0, 0.05) is 12.4 Å². The summed E-state index contributed by atoms with van der Waals surface area (Å²) in [7, 11) is 3.06. The van der Waals surface area contributed by atoms with Crippen LogP contribution in [0.1, 0.15) is 18.1 Å². The first-order chi connectivity index (χ1) is 16.6. The van der Waals surface area contributed by atoms with Crippen molar-refractivity contribution in [2.45, 2.75) is 13.5 Å². The third kappa shape index (κ3) is 4.43.